The van der Waals surface area contributed by atoms with Crippen LogP contribution >= 0.6 is 0 Å². The van der Waals surface area contributed by atoms with Gasteiger partial charge in [-0.3, -0.25) is 4.79 Å². The highest BCUT2D eigenvalue weighted by Gasteiger charge is 2.05. The van der Waals surface area contributed by atoms with Gasteiger partial charge in [0.1, 0.15) is 6.33 Å². The molecule has 0 atom stereocenters. The molecule has 0 saturated carbocycles. The molecule has 1 heterocycles. The molecule has 5 heteroatoms. The van der Waals surface area contributed by atoms with Gasteiger partial charge >= 0.3 is 0 Å². The van der Waals surface area contributed by atoms with Gasteiger partial charge in [-0.05, 0) is 50.1 Å². The summed E-state index contributed by atoms with van der Waals surface area (Å²) in [6.07, 6.45) is 6.02. The molecule has 2 aromatic rings. The van der Waals surface area contributed by atoms with Crippen LogP contribution in [0.15, 0.2) is 43.0 Å². The fraction of sp³-hybridized carbons (Fsp3) is 0.353. The molecule has 1 aromatic carbocycles. The van der Waals surface area contributed by atoms with Crippen LogP contribution in [0.1, 0.15) is 25.8 Å². The van der Waals surface area contributed by atoms with Crippen LogP contribution in [0.3, 0.4) is 0 Å². The molecule has 0 fully saturated rings. The maximum Gasteiger partial charge on any atom is 0.224 e. The van der Waals surface area contributed by atoms with E-state index < -0.39 is 0 Å². The Kier molecular flexibility index (Phi) is 5.89. The first-order valence-corrected chi connectivity index (χ1v) is 7.61. The van der Waals surface area contributed by atoms with Crippen molar-refractivity contribution in [3.63, 3.8) is 0 Å². The monoisotopic (exact) mass is 298 g/mol. The maximum absolute atomic E-state index is 12.0. The van der Waals surface area contributed by atoms with E-state index in [-0.39, 0.29) is 5.91 Å². The summed E-state index contributed by atoms with van der Waals surface area (Å²) in [6.45, 7) is 6.21. The first-order valence-electron chi connectivity index (χ1n) is 7.61. The molecular weight excluding hydrogens is 276 g/mol. The third-order valence-electron chi connectivity index (χ3n) is 3.53. The minimum Gasteiger partial charge on any atom is -0.372 e. The van der Waals surface area contributed by atoms with Gasteiger partial charge in [0, 0.05) is 43.3 Å². The van der Waals surface area contributed by atoms with Crippen LogP contribution in [-0.4, -0.2) is 29.0 Å². The molecular formula is C17H22N4O. The minimum atomic E-state index is -0.000516. The number of carbonyl (C=O) groups excluding carboxylic acids is 1. The summed E-state index contributed by atoms with van der Waals surface area (Å²) >= 11 is 0. The van der Waals surface area contributed by atoms with E-state index in [9.17, 15) is 4.79 Å². The second-order valence-corrected chi connectivity index (χ2v) is 5.01. The molecule has 116 valence electrons. The van der Waals surface area contributed by atoms with Gasteiger partial charge < -0.3 is 10.2 Å². The first-order chi connectivity index (χ1) is 10.7. The van der Waals surface area contributed by atoms with E-state index in [4.69, 9.17) is 0 Å². The topological polar surface area (TPSA) is 58.1 Å². The summed E-state index contributed by atoms with van der Waals surface area (Å²) in [6, 6.07) is 7.95. The van der Waals surface area contributed by atoms with Crippen LogP contribution in [0.5, 0.6) is 0 Å². The molecule has 1 N–H and O–H groups in total. The Bertz CT molecular complexity index is 579. The zero-order chi connectivity index (χ0) is 15.8. The lowest BCUT2D eigenvalue weighted by Gasteiger charge is -2.21. The van der Waals surface area contributed by atoms with Crippen LogP contribution in [0.4, 0.5) is 11.4 Å². The van der Waals surface area contributed by atoms with Gasteiger partial charge in [-0.1, -0.05) is 0 Å². The minimum absolute atomic E-state index is 0.000516. The van der Waals surface area contributed by atoms with Gasteiger partial charge in [0.15, 0.2) is 0 Å². The van der Waals surface area contributed by atoms with Crippen molar-refractivity contribution >= 4 is 17.3 Å². The van der Waals surface area contributed by atoms with Crippen molar-refractivity contribution in [2.75, 3.05) is 23.3 Å². The molecule has 0 radical (unpaired) electrons. The third kappa shape index (κ3) is 4.55. The highest BCUT2D eigenvalue weighted by atomic mass is 16.1. The number of anilines is 2. The Morgan fingerprint density at radius 3 is 2.32 bits per heavy atom. The average molecular weight is 298 g/mol. The van der Waals surface area contributed by atoms with Crippen molar-refractivity contribution in [1.29, 1.82) is 0 Å². The summed E-state index contributed by atoms with van der Waals surface area (Å²) in [7, 11) is 0. The van der Waals surface area contributed by atoms with Crippen molar-refractivity contribution in [3.05, 3.63) is 48.5 Å². The molecule has 0 aliphatic rings. The fourth-order valence-corrected chi connectivity index (χ4v) is 2.28. The molecule has 2 rings (SSSR count). The van der Waals surface area contributed by atoms with E-state index in [0.29, 0.717) is 12.8 Å². The van der Waals surface area contributed by atoms with Crippen LogP contribution in [0.25, 0.3) is 0 Å². The number of carbonyl (C=O) groups is 1. The van der Waals surface area contributed by atoms with Gasteiger partial charge in [0.05, 0.1) is 0 Å². The molecule has 1 aromatic heterocycles. The van der Waals surface area contributed by atoms with Gasteiger partial charge in [-0.25, -0.2) is 9.97 Å². The maximum atomic E-state index is 12.0. The smallest absolute Gasteiger partial charge is 0.224 e. The van der Waals surface area contributed by atoms with E-state index >= 15 is 0 Å². The standard InChI is InChI=1S/C17H22N4O/c1-3-21(4-2)16-8-6-15(7-9-16)20-17(22)10-5-14-11-18-13-19-12-14/h6-9,11-13H,3-5,10H2,1-2H3,(H,20,22). The molecule has 0 unspecified atom stereocenters. The summed E-state index contributed by atoms with van der Waals surface area (Å²) in [5, 5.41) is 2.92. The average Bonchev–Trinajstić information content (AvgIpc) is 2.56. The SMILES string of the molecule is CCN(CC)c1ccc(NC(=O)CCc2cncnc2)cc1. The number of hydrogen-bond donors (Lipinski definition) is 1. The Morgan fingerprint density at radius 1 is 1.09 bits per heavy atom. The van der Waals surface area contributed by atoms with Gasteiger partial charge in [0.2, 0.25) is 5.91 Å². The lowest BCUT2D eigenvalue weighted by atomic mass is 10.2. The number of hydrogen-bond acceptors (Lipinski definition) is 4. The number of rotatable bonds is 7. The number of aryl methyl sites for hydroxylation is 1. The van der Waals surface area contributed by atoms with Gasteiger partial charge in [-0.15, -0.1) is 0 Å². The van der Waals surface area contributed by atoms with Crippen molar-refractivity contribution in [2.45, 2.75) is 26.7 Å². The van der Waals surface area contributed by atoms with E-state index in [1.807, 2.05) is 24.3 Å². The first kappa shape index (κ1) is 15.9. The summed E-state index contributed by atoms with van der Waals surface area (Å²) < 4.78 is 0. The summed E-state index contributed by atoms with van der Waals surface area (Å²) in [5.74, 6) is -0.000516. The molecule has 5 nitrogen and oxygen atoms in total. The predicted octanol–water partition coefficient (Wildman–Crippen LogP) is 2.89. The number of nitrogens with one attached hydrogen (secondary N) is 1. The largest absolute Gasteiger partial charge is 0.372 e. The lowest BCUT2D eigenvalue weighted by molar-refractivity contribution is -0.116. The Hall–Kier alpha value is -2.43. The molecule has 0 spiro atoms. The number of nitrogens with zero attached hydrogens (tertiary/aromatic N) is 3. The Labute approximate surface area is 131 Å². The molecule has 1 amide bonds. The third-order valence-corrected chi connectivity index (χ3v) is 3.53. The van der Waals surface area contributed by atoms with Crippen LogP contribution in [0, 0.1) is 0 Å². The lowest BCUT2D eigenvalue weighted by Crippen LogP contribution is -2.21. The second kappa shape index (κ2) is 8.12. The zero-order valence-corrected chi connectivity index (χ0v) is 13.1. The van der Waals surface area contributed by atoms with Crippen molar-refractivity contribution in [1.82, 2.24) is 9.97 Å². The predicted molar refractivity (Wildman–Crippen MR) is 89.0 cm³/mol. The van der Waals surface area contributed by atoms with Crippen molar-refractivity contribution in [3.8, 4) is 0 Å². The van der Waals surface area contributed by atoms with Crippen molar-refractivity contribution in [2.24, 2.45) is 0 Å². The zero-order valence-electron chi connectivity index (χ0n) is 13.1. The Balaban J connectivity index is 1.86. The molecule has 0 aliphatic carbocycles. The second-order valence-electron chi connectivity index (χ2n) is 5.01. The van der Waals surface area contributed by atoms with Gasteiger partial charge in [0.25, 0.3) is 0 Å². The molecule has 0 saturated heterocycles. The van der Waals surface area contributed by atoms with E-state index in [0.717, 1.165) is 24.3 Å². The summed E-state index contributed by atoms with van der Waals surface area (Å²) in [4.78, 5) is 22.1. The Morgan fingerprint density at radius 2 is 1.73 bits per heavy atom. The highest BCUT2D eigenvalue weighted by Crippen LogP contribution is 2.17. The quantitative estimate of drug-likeness (QED) is 0.854. The number of aromatic nitrogens is 2. The van der Waals surface area contributed by atoms with E-state index in [2.05, 4.69) is 34.0 Å². The van der Waals surface area contributed by atoms with Crippen LogP contribution in [-0.2, 0) is 11.2 Å². The molecule has 22 heavy (non-hydrogen) atoms. The fourth-order valence-electron chi connectivity index (χ4n) is 2.28. The van der Waals surface area contributed by atoms with Crippen LogP contribution < -0.4 is 10.2 Å². The van der Waals surface area contributed by atoms with Gasteiger partial charge in [-0.2, -0.15) is 0 Å². The van der Waals surface area contributed by atoms with E-state index in [1.165, 1.54) is 12.0 Å². The summed E-state index contributed by atoms with van der Waals surface area (Å²) in [5.41, 5.74) is 2.96. The van der Waals surface area contributed by atoms with E-state index in [1.54, 1.807) is 12.4 Å². The molecule has 0 aliphatic heterocycles. The van der Waals surface area contributed by atoms with Crippen LogP contribution in [0.2, 0.25) is 0 Å². The highest BCUT2D eigenvalue weighted by molar-refractivity contribution is 5.91. The molecule has 0 bridgehead atoms. The number of amides is 1. The van der Waals surface area contributed by atoms with Crippen molar-refractivity contribution < 1.29 is 4.79 Å². The normalized spacial score (nSPS) is 10.3. The number of benzene rings is 1.